The molecule has 1 aromatic carbocycles. The summed E-state index contributed by atoms with van der Waals surface area (Å²) in [7, 11) is 1.86. The van der Waals surface area contributed by atoms with Crippen LogP contribution in [0.15, 0.2) is 36.8 Å². The first-order valence-electron chi connectivity index (χ1n) is 8.85. The zero-order chi connectivity index (χ0) is 18.8. The molecule has 0 fully saturated rings. The third kappa shape index (κ3) is 4.02. The number of rotatable bonds is 6. The Morgan fingerprint density at radius 1 is 1.19 bits per heavy atom. The van der Waals surface area contributed by atoms with Crippen molar-refractivity contribution in [3.8, 4) is 11.3 Å². The number of aryl methyl sites for hydroxylation is 1. The summed E-state index contributed by atoms with van der Waals surface area (Å²) >= 11 is 0. The van der Waals surface area contributed by atoms with Crippen LogP contribution < -0.4 is 0 Å². The van der Waals surface area contributed by atoms with E-state index >= 15 is 0 Å². The first-order valence-corrected chi connectivity index (χ1v) is 8.85. The molecule has 0 aliphatic rings. The number of nitrogens with zero attached hydrogens (tertiary/aromatic N) is 4. The molecular formula is C20H25FN4O. The topological polar surface area (TPSA) is 55.9 Å². The Morgan fingerprint density at radius 2 is 1.96 bits per heavy atom. The molecule has 0 saturated carbocycles. The number of hydrogen-bond donors (Lipinski definition) is 1. The molecule has 2 aromatic heterocycles. The van der Waals surface area contributed by atoms with Crippen LogP contribution in [0, 0.1) is 11.7 Å². The number of aromatic nitrogens is 4. The van der Waals surface area contributed by atoms with Gasteiger partial charge in [-0.15, -0.1) is 0 Å². The highest BCUT2D eigenvalue weighted by atomic mass is 19.1. The van der Waals surface area contributed by atoms with Crippen molar-refractivity contribution in [2.45, 2.75) is 39.8 Å². The van der Waals surface area contributed by atoms with Gasteiger partial charge < -0.3 is 5.11 Å². The van der Waals surface area contributed by atoms with Crippen molar-refractivity contribution in [1.29, 1.82) is 0 Å². The minimum atomic E-state index is -0.774. The molecule has 0 aliphatic carbocycles. The summed E-state index contributed by atoms with van der Waals surface area (Å²) < 4.78 is 17.3. The zero-order valence-corrected chi connectivity index (χ0v) is 15.6. The van der Waals surface area contributed by atoms with E-state index in [1.807, 2.05) is 24.1 Å². The molecule has 0 radical (unpaired) electrons. The molecule has 0 aliphatic heterocycles. The molecule has 1 N–H and O–H groups in total. The van der Waals surface area contributed by atoms with Gasteiger partial charge in [-0.3, -0.25) is 9.36 Å². The highest BCUT2D eigenvalue weighted by Crippen LogP contribution is 2.31. The van der Waals surface area contributed by atoms with Crippen LogP contribution in [-0.4, -0.2) is 24.7 Å². The lowest BCUT2D eigenvalue weighted by Gasteiger charge is -2.12. The molecule has 0 bridgehead atoms. The molecule has 3 aromatic rings. The molecular weight excluding hydrogens is 331 g/mol. The molecule has 5 nitrogen and oxygen atoms in total. The van der Waals surface area contributed by atoms with E-state index < -0.39 is 6.10 Å². The Kier molecular flexibility index (Phi) is 5.23. The van der Waals surface area contributed by atoms with E-state index in [0.717, 1.165) is 28.9 Å². The Hall–Kier alpha value is -2.47. The minimum Gasteiger partial charge on any atom is -0.389 e. The van der Waals surface area contributed by atoms with Crippen molar-refractivity contribution < 1.29 is 9.50 Å². The number of aliphatic hydroxyl groups is 1. The van der Waals surface area contributed by atoms with Gasteiger partial charge in [0, 0.05) is 43.5 Å². The van der Waals surface area contributed by atoms with Gasteiger partial charge in [-0.2, -0.15) is 10.2 Å². The monoisotopic (exact) mass is 356 g/mol. The second-order valence-corrected chi connectivity index (χ2v) is 7.23. The van der Waals surface area contributed by atoms with Crippen molar-refractivity contribution in [2.75, 3.05) is 0 Å². The number of aliphatic hydroxyl groups excluding tert-OH is 1. The van der Waals surface area contributed by atoms with Gasteiger partial charge in [-0.1, -0.05) is 13.8 Å². The quantitative estimate of drug-likeness (QED) is 0.732. The van der Waals surface area contributed by atoms with E-state index in [2.05, 4.69) is 30.2 Å². The summed E-state index contributed by atoms with van der Waals surface area (Å²) in [5.41, 5.74) is 4.18. The summed E-state index contributed by atoms with van der Waals surface area (Å²) in [6.45, 7) is 6.83. The van der Waals surface area contributed by atoms with E-state index in [1.165, 1.54) is 12.1 Å². The maximum Gasteiger partial charge on any atom is 0.123 e. The normalized spacial score (nSPS) is 12.7. The Labute approximate surface area is 153 Å². The predicted molar refractivity (Wildman–Crippen MR) is 99.1 cm³/mol. The van der Waals surface area contributed by atoms with E-state index in [-0.39, 0.29) is 5.82 Å². The lowest BCUT2D eigenvalue weighted by atomic mass is 9.96. The summed E-state index contributed by atoms with van der Waals surface area (Å²) in [5, 5.41) is 19.0. The third-order valence-electron chi connectivity index (χ3n) is 4.26. The first-order chi connectivity index (χ1) is 12.3. The Morgan fingerprint density at radius 3 is 2.65 bits per heavy atom. The smallest absolute Gasteiger partial charge is 0.123 e. The molecule has 2 heterocycles. The van der Waals surface area contributed by atoms with Crippen LogP contribution in [0.2, 0.25) is 0 Å². The van der Waals surface area contributed by atoms with Crippen molar-refractivity contribution >= 4 is 0 Å². The van der Waals surface area contributed by atoms with Gasteiger partial charge in [0.2, 0.25) is 0 Å². The van der Waals surface area contributed by atoms with E-state index in [1.54, 1.807) is 17.7 Å². The number of hydrogen-bond acceptors (Lipinski definition) is 3. The fraction of sp³-hybridized carbons (Fsp3) is 0.400. The standard InChI is InChI=1S/C20H25FN4O/c1-13(2)10-25-11-15(9-22-25)7-16-12-24(4)23-20(16)18-6-5-17(21)8-19(18)14(3)26/h5-6,8-9,11-14,26H,7,10H2,1-4H3/t14-/m1/s1. The average molecular weight is 356 g/mol. The fourth-order valence-corrected chi connectivity index (χ4v) is 3.18. The van der Waals surface area contributed by atoms with Gasteiger partial charge in [-0.05, 0) is 42.2 Å². The Balaban J connectivity index is 1.96. The average Bonchev–Trinajstić information content (AvgIpc) is 3.13. The van der Waals surface area contributed by atoms with Gasteiger partial charge in [0.1, 0.15) is 5.82 Å². The van der Waals surface area contributed by atoms with Crippen LogP contribution in [0.5, 0.6) is 0 Å². The second-order valence-electron chi connectivity index (χ2n) is 7.23. The van der Waals surface area contributed by atoms with Crippen molar-refractivity contribution in [3.63, 3.8) is 0 Å². The van der Waals surface area contributed by atoms with E-state index in [4.69, 9.17) is 0 Å². The predicted octanol–water partition coefficient (Wildman–Crippen LogP) is 3.72. The summed E-state index contributed by atoms with van der Waals surface area (Å²) in [6.07, 6.45) is 5.79. The van der Waals surface area contributed by atoms with Crippen molar-refractivity contribution in [1.82, 2.24) is 19.6 Å². The molecule has 3 rings (SSSR count). The van der Waals surface area contributed by atoms with Crippen molar-refractivity contribution in [2.24, 2.45) is 13.0 Å². The fourth-order valence-electron chi connectivity index (χ4n) is 3.18. The highest BCUT2D eigenvalue weighted by molar-refractivity contribution is 5.67. The van der Waals surface area contributed by atoms with Gasteiger partial charge in [-0.25, -0.2) is 4.39 Å². The van der Waals surface area contributed by atoms with Gasteiger partial charge >= 0.3 is 0 Å². The molecule has 0 spiro atoms. The highest BCUT2D eigenvalue weighted by Gasteiger charge is 2.18. The van der Waals surface area contributed by atoms with Crippen LogP contribution >= 0.6 is 0 Å². The molecule has 0 amide bonds. The van der Waals surface area contributed by atoms with Gasteiger partial charge in [0.25, 0.3) is 0 Å². The number of halogens is 1. The van der Waals surface area contributed by atoms with Crippen LogP contribution in [-0.2, 0) is 20.0 Å². The SMILES string of the molecule is CC(C)Cn1cc(Cc2cn(C)nc2-c2ccc(F)cc2[C@@H](C)O)cn1. The zero-order valence-electron chi connectivity index (χ0n) is 15.6. The maximum absolute atomic E-state index is 13.6. The van der Waals surface area contributed by atoms with Crippen LogP contribution in [0.1, 0.15) is 43.6 Å². The molecule has 0 saturated heterocycles. The van der Waals surface area contributed by atoms with Crippen LogP contribution in [0.4, 0.5) is 4.39 Å². The van der Waals surface area contributed by atoms with Crippen molar-refractivity contribution in [3.05, 3.63) is 59.3 Å². The second kappa shape index (κ2) is 7.41. The summed E-state index contributed by atoms with van der Waals surface area (Å²) in [5.74, 6) is 0.168. The lowest BCUT2D eigenvalue weighted by molar-refractivity contribution is 0.199. The summed E-state index contributed by atoms with van der Waals surface area (Å²) in [6, 6.07) is 4.46. The first kappa shape index (κ1) is 18.3. The van der Waals surface area contributed by atoms with Crippen LogP contribution in [0.25, 0.3) is 11.3 Å². The maximum atomic E-state index is 13.6. The molecule has 6 heteroatoms. The minimum absolute atomic E-state index is 0.364. The van der Waals surface area contributed by atoms with Gasteiger partial charge in [0.05, 0.1) is 18.0 Å². The third-order valence-corrected chi connectivity index (χ3v) is 4.26. The lowest BCUT2D eigenvalue weighted by Crippen LogP contribution is -2.04. The molecule has 1 atom stereocenters. The molecule has 0 unspecified atom stereocenters. The molecule has 138 valence electrons. The largest absolute Gasteiger partial charge is 0.389 e. The Bertz CT molecular complexity index is 895. The molecule has 26 heavy (non-hydrogen) atoms. The summed E-state index contributed by atoms with van der Waals surface area (Å²) in [4.78, 5) is 0. The van der Waals surface area contributed by atoms with E-state index in [0.29, 0.717) is 17.9 Å². The number of benzene rings is 1. The van der Waals surface area contributed by atoms with Gasteiger partial charge in [0.15, 0.2) is 0 Å². The van der Waals surface area contributed by atoms with Crippen LogP contribution in [0.3, 0.4) is 0 Å². The van der Waals surface area contributed by atoms with E-state index in [9.17, 15) is 9.50 Å².